The molecule has 1 aliphatic carbocycles. The SMILES string of the molecule is CCOC1CC(CC(=O)N2CCNC[C@H]2C)C1. The van der Waals surface area contributed by atoms with Gasteiger partial charge in [-0.2, -0.15) is 0 Å². The van der Waals surface area contributed by atoms with Gasteiger partial charge < -0.3 is 15.0 Å². The number of piperazine rings is 1. The second kappa shape index (κ2) is 5.83. The van der Waals surface area contributed by atoms with E-state index >= 15 is 0 Å². The van der Waals surface area contributed by atoms with E-state index in [1.54, 1.807) is 0 Å². The van der Waals surface area contributed by atoms with Crippen molar-refractivity contribution in [3.05, 3.63) is 0 Å². The fraction of sp³-hybridized carbons (Fsp3) is 0.923. The van der Waals surface area contributed by atoms with Crippen LogP contribution in [0.1, 0.15) is 33.1 Å². The van der Waals surface area contributed by atoms with Gasteiger partial charge in [0.15, 0.2) is 0 Å². The van der Waals surface area contributed by atoms with E-state index in [1.165, 1.54) is 0 Å². The minimum absolute atomic E-state index is 0.332. The Bertz CT molecular complexity index is 264. The van der Waals surface area contributed by atoms with E-state index in [0.29, 0.717) is 30.4 Å². The van der Waals surface area contributed by atoms with Crippen molar-refractivity contribution in [1.29, 1.82) is 0 Å². The smallest absolute Gasteiger partial charge is 0.223 e. The molecule has 17 heavy (non-hydrogen) atoms. The third-order valence-corrected chi connectivity index (χ3v) is 3.88. The number of hydrogen-bond donors (Lipinski definition) is 1. The highest BCUT2D eigenvalue weighted by atomic mass is 16.5. The zero-order chi connectivity index (χ0) is 12.3. The van der Waals surface area contributed by atoms with Crippen molar-refractivity contribution in [2.75, 3.05) is 26.2 Å². The normalized spacial score (nSPS) is 33.3. The molecule has 98 valence electrons. The molecule has 1 amide bonds. The quantitative estimate of drug-likeness (QED) is 0.797. The molecule has 1 N–H and O–H groups in total. The lowest BCUT2D eigenvalue weighted by molar-refractivity contribution is -0.137. The standard InChI is InChI=1S/C13H24N2O2/c1-3-17-12-6-11(7-12)8-13(16)15-5-4-14-9-10(15)2/h10-12,14H,3-9H2,1-2H3/t10-,11?,12?/m1/s1. The van der Waals surface area contributed by atoms with E-state index in [2.05, 4.69) is 12.2 Å². The van der Waals surface area contributed by atoms with Crippen molar-refractivity contribution in [1.82, 2.24) is 10.2 Å². The fourth-order valence-electron chi connectivity index (χ4n) is 2.79. The Morgan fingerprint density at radius 2 is 2.24 bits per heavy atom. The lowest BCUT2D eigenvalue weighted by Crippen LogP contribution is -2.53. The lowest BCUT2D eigenvalue weighted by atomic mass is 9.79. The molecule has 1 atom stereocenters. The molecule has 0 aromatic heterocycles. The zero-order valence-corrected chi connectivity index (χ0v) is 10.9. The average Bonchev–Trinajstić information content (AvgIpc) is 2.26. The minimum Gasteiger partial charge on any atom is -0.378 e. The van der Waals surface area contributed by atoms with Gasteiger partial charge in [0.25, 0.3) is 0 Å². The Morgan fingerprint density at radius 3 is 2.88 bits per heavy atom. The molecule has 4 nitrogen and oxygen atoms in total. The number of nitrogens with zero attached hydrogens (tertiary/aromatic N) is 1. The van der Waals surface area contributed by atoms with Crippen LogP contribution in [0.4, 0.5) is 0 Å². The van der Waals surface area contributed by atoms with Gasteiger partial charge in [0.1, 0.15) is 0 Å². The van der Waals surface area contributed by atoms with Crippen LogP contribution in [0.2, 0.25) is 0 Å². The number of ether oxygens (including phenoxy) is 1. The first-order valence-corrected chi connectivity index (χ1v) is 6.82. The maximum absolute atomic E-state index is 12.1. The second-order valence-corrected chi connectivity index (χ2v) is 5.26. The van der Waals surface area contributed by atoms with Gasteiger partial charge in [-0.25, -0.2) is 0 Å². The Morgan fingerprint density at radius 1 is 1.47 bits per heavy atom. The van der Waals surface area contributed by atoms with Gasteiger partial charge in [-0.15, -0.1) is 0 Å². The summed E-state index contributed by atoms with van der Waals surface area (Å²) in [7, 11) is 0. The first-order chi connectivity index (χ1) is 8.20. The van der Waals surface area contributed by atoms with Gasteiger partial charge in [-0.3, -0.25) is 4.79 Å². The number of rotatable bonds is 4. The first-order valence-electron chi connectivity index (χ1n) is 6.82. The van der Waals surface area contributed by atoms with Crippen LogP contribution in [0.5, 0.6) is 0 Å². The van der Waals surface area contributed by atoms with Gasteiger partial charge in [0, 0.05) is 38.7 Å². The highest BCUT2D eigenvalue weighted by Crippen LogP contribution is 2.33. The number of nitrogens with one attached hydrogen (secondary N) is 1. The summed E-state index contributed by atoms with van der Waals surface area (Å²) in [5.74, 6) is 0.889. The van der Waals surface area contributed by atoms with Gasteiger partial charge in [-0.05, 0) is 32.6 Å². The predicted octanol–water partition coefficient (Wildman–Crippen LogP) is 1.01. The van der Waals surface area contributed by atoms with E-state index < -0.39 is 0 Å². The topological polar surface area (TPSA) is 41.6 Å². The Kier molecular flexibility index (Phi) is 4.40. The van der Waals surface area contributed by atoms with E-state index in [4.69, 9.17) is 4.74 Å². The third kappa shape index (κ3) is 3.19. The summed E-state index contributed by atoms with van der Waals surface area (Å²) in [4.78, 5) is 14.2. The van der Waals surface area contributed by atoms with Gasteiger partial charge in [0.05, 0.1) is 6.10 Å². The van der Waals surface area contributed by atoms with Crippen LogP contribution in [-0.2, 0) is 9.53 Å². The molecule has 1 saturated carbocycles. The van der Waals surface area contributed by atoms with E-state index in [-0.39, 0.29) is 0 Å². The second-order valence-electron chi connectivity index (χ2n) is 5.26. The van der Waals surface area contributed by atoms with Crippen LogP contribution >= 0.6 is 0 Å². The molecular weight excluding hydrogens is 216 g/mol. The molecule has 4 heteroatoms. The van der Waals surface area contributed by atoms with E-state index in [1.807, 2.05) is 11.8 Å². The highest BCUT2D eigenvalue weighted by Gasteiger charge is 2.33. The molecule has 2 fully saturated rings. The van der Waals surface area contributed by atoms with Crippen molar-refractivity contribution in [3.8, 4) is 0 Å². The van der Waals surface area contributed by atoms with Gasteiger partial charge >= 0.3 is 0 Å². The van der Waals surface area contributed by atoms with Crippen molar-refractivity contribution in [2.24, 2.45) is 5.92 Å². The maximum Gasteiger partial charge on any atom is 0.223 e. The number of amides is 1. The zero-order valence-electron chi connectivity index (χ0n) is 10.9. The average molecular weight is 240 g/mol. The largest absolute Gasteiger partial charge is 0.378 e. The molecule has 2 aliphatic rings. The van der Waals surface area contributed by atoms with Crippen LogP contribution in [-0.4, -0.2) is 49.2 Å². The van der Waals surface area contributed by atoms with Crippen LogP contribution in [0.3, 0.4) is 0 Å². The molecule has 1 saturated heterocycles. The fourth-order valence-corrected chi connectivity index (χ4v) is 2.79. The van der Waals surface area contributed by atoms with E-state index in [0.717, 1.165) is 39.1 Å². The van der Waals surface area contributed by atoms with Crippen molar-refractivity contribution in [2.45, 2.75) is 45.3 Å². The summed E-state index contributed by atoms with van der Waals surface area (Å²) in [6.07, 6.45) is 3.27. The molecule has 0 bridgehead atoms. The summed E-state index contributed by atoms with van der Waals surface area (Å²) in [6.45, 7) is 7.66. The maximum atomic E-state index is 12.1. The Hall–Kier alpha value is -0.610. The van der Waals surface area contributed by atoms with Crippen molar-refractivity contribution < 1.29 is 9.53 Å². The molecule has 0 aromatic rings. The predicted molar refractivity (Wildman–Crippen MR) is 66.8 cm³/mol. The molecule has 2 rings (SSSR count). The van der Waals surface area contributed by atoms with Crippen LogP contribution in [0.15, 0.2) is 0 Å². The summed E-state index contributed by atoms with van der Waals surface area (Å²) in [5.41, 5.74) is 0. The first kappa shape index (κ1) is 12.8. The summed E-state index contributed by atoms with van der Waals surface area (Å²) < 4.78 is 5.52. The van der Waals surface area contributed by atoms with Crippen molar-refractivity contribution in [3.63, 3.8) is 0 Å². The molecule has 1 heterocycles. The molecule has 0 spiro atoms. The third-order valence-electron chi connectivity index (χ3n) is 3.88. The molecule has 0 radical (unpaired) electrons. The Balaban J connectivity index is 1.71. The molecular formula is C13H24N2O2. The summed E-state index contributed by atoms with van der Waals surface area (Å²) in [5, 5.41) is 3.31. The Labute approximate surface area is 104 Å². The number of hydrogen-bond acceptors (Lipinski definition) is 3. The van der Waals surface area contributed by atoms with Gasteiger partial charge in [-0.1, -0.05) is 0 Å². The van der Waals surface area contributed by atoms with Crippen LogP contribution in [0.25, 0.3) is 0 Å². The lowest BCUT2D eigenvalue weighted by Gasteiger charge is -2.38. The van der Waals surface area contributed by atoms with Crippen LogP contribution < -0.4 is 5.32 Å². The van der Waals surface area contributed by atoms with Crippen LogP contribution in [0, 0.1) is 5.92 Å². The minimum atomic E-state index is 0.332. The summed E-state index contributed by atoms with van der Waals surface area (Å²) >= 11 is 0. The molecule has 0 aromatic carbocycles. The number of carbonyl (C=O) groups is 1. The van der Waals surface area contributed by atoms with E-state index in [9.17, 15) is 4.79 Å². The van der Waals surface area contributed by atoms with Crippen molar-refractivity contribution >= 4 is 5.91 Å². The number of carbonyl (C=O) groups excluding carboxylic acids is 1. The monoisotopic (exact) mass is 240 g/mol. The van der Waals surface area contributed by atoms with Gasteiger partial charge in [0.2, 0.25) is 5.91 Å². The molecule has 1 aliphatic heterocycles. The molecule has 0 unspecified atom stereocenters. The highest BCUT2D eigenvalue weighted by molar-refractivity contribution is 5.77. The summed E-state index contributed by atoms with van der Waals surface area (Å²) in [6, 6.07) is 0.346.